The maximum absolute atomic E-state index is 5.78. The molecule has 1 nitrogen and oxygen atoms in total. The number of unbranched alkanes of at least 4 members (excludes halogenated alkanes) is 18. The highest BCUT2D eigenvalue weighted by Gasteiger charge is 1.95. The number of rotatable bonds is 22. The first-order chi connectivity index (χ1) is 13.8. The molecule has 0 atom stereocenters. The van der Waals surface area contributed by atoms with E-state index in [2.05, 4.69) is 13.8 Å². The molecule has 0 saturated heterocycles. The topological polar surface area (TPSA) is 9.23 Å². The molecule has 0 radical (unpaired) electrons. The van der Waals surface area contributed by atoms with E-state index in [-0.39, 0.29) is 0 Å². The van der Waals surface area contributed by atoms with Crippen molar-refractivity contribution in [3.63, 3.8) is 0 Å². The lowest BCUT2D eigenvalue weighted by molar-refractivity contribution is 0.125. The van der Waals surface area contributed by atoms with Gasteiger partial charge in [0.05, 0.1) is 0 Å². The fourth-order valence-electron chi connectivity index (χ4n) is 3.49. The molecule has 0 aromatic rings. The average Bonchev–Trinajstić information content (AvgIpc) is 2.70. The van der Waals surface area contributed by atoms with Crippen molar-refractivity contribution in [2.45, 2.75) is 142 Å². The Bertz CT molecular complexity index is 210. The van der Waals surface area contributed by atoms with E-state index >= 15 is 0 Å². The predicted molar refractivity (Wildman–Crippen MR) is 134 cm³/mol. The molecule has 0 aliphatic rings. The second-order valence-corrected chi connectivity index (χ2v) is 9.20. The van der Waals surface area contributed by atoms with Gasteiger partial charge in [0.1, 0.15) is 0 Å². The normalized spacial score (nSPS) is 10.7. The molecule has 0 aliphatic carbocycles. The van der Waals surface area contributed by atoms with E-state index in [4.69, 9.17) is 4.74 Å². The van der Waals surface area contributed by atoms with Gasteiger partial charge in [-0.3, -0.25) is 0 Å². The minimum Gasteiger partial charge on any atom is -0.381 e. The van der Waals surface area contributed by atoms with Crippen molar-refractivity contribution in [1.29, 1.82) is 0 Å². The van der Waals surface area contributed by atoms with E-state index in [0.29, 0.717) is 0 Å². The van der Waals surface area contributed by atoms with Crippen molar-refractivity contribution in [1.82, 2.24) is 0 Å². The summed E-state index contributed by atoms with van der Waals surface area (Å²) in [5, 5.41) is 0. The van der Waals surface area contributed by atoms with Crippen molar-refractivity contribution in [2.24, 2.45) is 0 Å². The van der Waals surface area contributed by atoms with Crippen molar-refractivity contribution < 1.29 is 4.74 Å². The molecule has 0 aromatic heterocycles. The number of hydrogen-bond donors (Lipinski definition) is 0. The third kappa shape index (κ3) is 33.9. The Kier molecular flexibility index (Phi) is 34.8. The van der Waals surface area contributed by atoms with E-state index in [1.807, 2.05) is 12.5 Å². The van der Waals surface area contributed by atoms with Crippen LogP contribution >= 0.6 is 11.8 Å². The highest BCUT2D eigenvalue weighted by molar-refractivity contribution is 7.97. The minimum absolute atomic E-state index is 0.994. The lowest BCUT2D eigenvalue weighted by atomic mass is 10.1. The molecular formula is C26H56OS. The van der Waals surface area contributed by atoms with Crippen LogP contribution in [0, 0.1) is 0 Å². The first kappa shape index (κ1) is 30.5. The molecular weight excluding hydrogens is 360 g/mol. The highest BCUT2D eigenvalue weighted by atomic mass is 32.2. The van der Waals surface area contributed by atoms with E-state index < -0.39 is 0 Å². The second kappa shape index (κ2) is 32.0. The summed E-state index contributed by atoms with van der Waals surface area (Å²) in [6, 6.07) is 0. The van der Waals surface area contributed by atoms with Gasteiger partial charge in [0.2, 0.25) is 0 Å². The first-order valence-electron chi connectivity index (χ1n) is 12.8. The zero-order valence-electron chi connectivity index (χ0n) is 20.4. The monoisotopic (exact) mass is 416 g/mol. The summed E-state index contributed by atoms with van der Waals surface area (Å²) < 4.78 is 5.78. The summed E-state index contributed by atoms with van der Waals surface area (Å²) in [4.78, 5) is 0. The summed E-state index contributed by atoms with van der Waals surface area (Å²) in [5.41, 5.74) is 0. The third-order valence-corrected chi connectivity index (χ3v) is 5.28. The molecule has 0 rings (SSSR count). The van der Waals surface area contributed by atoms with Crippen LogP contribution in [0.3, 0.4) is 0 Å². The summed E-state index contributed by atoms with van der Waals surface area (Å²) in [5.74, 6) is 0. The standard InChI is InChI=1S/C24H50O.C2H6S/c1-3-5-7-9-11-13-15-17-19-21-23-25-24-22-20-18-16-14-12-10-8-6-4-2;1-3-2/h3-24H2,1-2H3;1-2H3. The third-order valence-electron chi connectivity index (χ3n) is 5.28. The van der Waals surface area contributed by atoms with Gasteiger partial charge in [-0.05, 0) is 25.4 Å². The van der Waals surface area contributed by atoms with Crippen LogP contribution in [0.25, 0.3) is 0 Å². The van der Waals surface area contributed by atoms with Crippen molar-refractivity contribution in [3.8, 4) is 0 Å². The van der Waals surface area contributed by atoms with Gasteiger partial charge in [-0.1, -0.05) is 129 Å². The van der Waals surface area contributed by atoms with E-state index in [1.165, 1.54) is 128 Å². The Morgan fingerprint density at radius 3 is 0.857 bits per heavy atom. The van der Waals surface area contributed by atoms with E-state index in [0.717, 1.165) is 13.2 Å². The SMILES string of the molecule is CCCCCCCCCCCCOCCCCCCCCCCCC.CSC. The molecule has 0 spiro atoms. The molecule has 0 saturated carbocycles. The van der Waals surface area contributed by atoms with Crippen LogP contribution in [0.5, 0.6) is 0 Å². The fraction of sp³-hybridized carbons (Fsp3) is 1.00. The molecule has 2 heteroatoms. The summed E-state index contributed by atoms with van der Waals surface area (Å²) in [6.45, 7) is 6.57. The van der Waals surface area contributed by atoms with E-state index in [1.54, 1.807) is 11.8 Å². The maximum Gasteiger partial charge on any atom is 0.0466 e. The van der Waals surface area contributed by atoms with Gasteiger partial charge < -0.3 is 4.74 Å². The van der Waals surface area contributed by atoms with Crippen LogP contribution in [-0.2, 0) is 4.74 Å². The summed E-state index contributed by atoms with van der Waals surface area (Å²) in [7, 11) is 0. The van der Waals surface area contributed by atoms with E-state index in [9.17, 15) is 0 Å². The van der Waals surface area contributed by atoms with Crippen LogP contribution in [0.2, 0.25) is 0 Å². The molecule has 0 heterocycles. The van der Waals surface area contributed by atoms with Gasteiger partial charge in [0, 0.05) is 13.2 Å². The molecule has 0 fully saturated rings. The number of hydrogen-bond acceptors (Lipinski definition) is 2. The minimum atomic E-state index is 0.994. The predicted octanol–water partition coefficient (Wildman–Crippen LogP) is 9.82. The Morgan fingerprint density at radius 1 is 0.393 bits per heavy atom. The second-order valence-electron chi connectivity index (χ2n) is 8.38. The van der Waals surface area contributed by atoms with Crippen molar-refractivity contribution in [2.75, 3.05) is 25.7 Å². The van der Waals surface area contributed by atoms with Gasteiger partial charge in [0.25, 0.3) is 0 Å². The van der Waals surface area contributed by atoms with Gasteiger partial charge in [-0.25, -0.2) is 0 Å². The molecule has 0 amide bonds. The molecule has 0 N–H and O–H groups in total. The van der Waals surface area contributed by atoms with Gasteiger partial charge >= 0.3 is 0 Å². The van der Waals surface area contributed by atoms with Crippen LogP contribution < -0.4 is 0 Å². The van der Waals surface area contributed by atoms with Gasteiger partial charge in [-0.15, -0.1) is 0 Å². The fourth-order valence-corrected chi connectivity index (χ4v) is 3.49. The quantitative estimate of drug-likeness (QED) is 0.162. The smallest absolute Gasteiger partial charge is 0.0466 e. The average molecular weight is 417 g/mol. The number of ether oxygens (including phenoxy) is 1. The molecule has 28 heavy (non-hydrogen) atoms. The summed E-state index contributed by atoms with van der Waals surface area (Å²) >= 11 is 1.75. The molecule has 0 unspecified atom stereocenters. The van der Waals surface area contributed by atoms with Crippen LogP contribution in [0.4, 0.5) is 0 Å². The molecule has 0 bridgehead atoms. The zero-order valence-corrected chi connectivity index (χ0v) is 21.2. The van der Waals surface area contributed by atoms with Gasteiger partial charge in [-0.2, -0.15) is 11.8 Å². The maximum atomic E-state index is 5.78. The van der Waals surface area contributed by atoms with Crippen molar-refractivity contribution >= 4 is 11.8 Å². The van der Waals surface area contributed by atoms with Crippen LogP contribution in [0.1, 0.15) is 142 Å². The Labute approximate surface area is 184 Å². The molecule has 172 valence electrons. The number of thioether (sulfide) groups is 1. The zero-order chi connectivity index (χ0) is 21.0. The van der Waals surface area contributed by atoms with Crippen LogP contribution in [-0.4, -0.2) is 25.7 Å². The largest absolute Gasteiger partial charge is 0.381 e. The highest BCUT2D eigenvalue weighted by Crippen LogP contribution is 2.12. The lowest BCUT2D eigenvalue weighted by Gasteiger charge is -2.05. The Morgan fingerprint density at radius 2 is 0.607 bits per heavy atom. The Balaban J connectivity index is 0. The van der Waals surface area contributed by atoms with Crippen LogP contribution in [0.15, 0.2) is 0 Å². The van der Waals surface area contributed by atoms with Gasteiger partial charge in [0.15, 0.2) is 0 Å². The molecule has 0 aromatic carbocycles. The lowest BCUT2D eigenvalue weighted by Crippen LogP contribution is -1.97. The first-order valence-corrected chi connectivity index (χ1v) is 14.4. The molecule has 0 aliphatic heterocycles. The summed E-state index contributed by atoms with van der Waals surface area (Å²) in [6.07, 6.45) is 32.2. The van der Waals surface area contributed by atoms with Crippen molar-refractivity contribution in [3.05, 3.63) is 0 Å². The Hall–Kier alpha value is 0.310.